The number of para-hydroxylation sites is 1. The first kappa shape index (κ1) is 19.4. The summed E-state index contributed by atoms with van der Waals surface area (Å²) < 4.78 is 1.73. The quantitative estimate of drug-likeness (QED) is 0.826. The predicted octanol–water partition coefficient (Wildman–Crippen LogP) is 2.43. The molecule has 1 saturated heterocycles. The minimum absolute atomic E-state index is 0. The Kier molecular flexibility index (Phi) is 6.56. The molecule has 1 aliphatic heterocycles. The summed E-state index contributed by atoms with van der Waals surface area (Å²) in [6.45, 7) is 6.02. The lowest BCUT2D eigenvalue weighted by Gasteiger charge is -2.24. The third kappa shape index (κ3) is 5.03. The van der Waals surface area contributed by atoms with Crippen molar-refractivity contribution in [3.05, 3.63) is 42.2 Å². The van der Waals surface area contributed by atoms with Crippen LogP contribution in [0.3, 0.4) is 0 Å². The lowest BCUT2D eigenvalue weighted by Crippen LogP contribution is -2.41. The highest BCUT2D eigenvalue weighted by molar-refractivity contribution is 5.85. The van der Waals surface area contributed by atoms with E-state index in [-0.39, 0.29) is 18.3 Å². The summed E-state index contributed by atoms with van der Waals surface area (Å²) in [6.07, 6.45) is 4.53. The smallest absolute Gasteiger partial charge is 0.220 e. The minimum Gasteiger partial charge on any atom is -0.345 e. The number of carbonyl (C=O) groups is 1. The van der Waals surface area contributed by atoms with Crippen LogP contribution in [-0.2, 0) is 10.3 Å². The molecule has 1 unspecified atom stereocenters. The standard InChI is InChI=1S/C18H25N5O.ClH/c1-18(2,20-17(24)9-8-14-10-11-19-12-14)16-13-23(22-21-16)15-6-4-3-5-7-15;/h3-7,13-14,19H,8-12H2,1-2H3,(H,20,24);1H. The highest BCUT2D eigenvalue weighted by atomic mass is 35.5. The number of hydrogen-bond acceptors (Lipinski definition) is 4. The van der Waals surface area contributed by atoms with Crippen molar-refractivity contribution in [1.82, 2.24) is 25.6 Å². The molecule has 1 fully saturated rings. The Morgan fingerprint density at radius 2 is 2.12 bits per heavy atom. The molecule has 1 atom stereocenters. The van der Waals surface area contributed by atoms with Crippen molar-refractivity contribution in [1.29, 1.82) is 0 Å². The van der Waals surface area contributed by atoms with Gasteiger partial charge in [0.15, 0.2) is 0 Å². The molecule has 2 N–H and O–H groups in total. The maximum Gasteiger partial charge on any atom is 0.220 e. The number of nitrogens with one attached hydrogen (secondary N) is 2. The number of rotatable bonds is 6. The number of nitrogens with zero attached hydrogens (tertiary/aromatic N) is 3. The Balaban J connectivity index is 0.00000225. The molecule has 0 saturated carbocycles. The lowest BCUT2D eigenvalue weighted by atomic mass is 9.99. The number of halogens is 1. The van der Waals surface area contributed by atoms with Crippen LogP contribution >= 0.6 is 12.4 Å². The Bertz CT molecular complexity index is 680. The van der Waals surface area contributed by atoms with Crippen LogP contribution in [0.5, 0.6) is 0 Å². The van der Waals surface area contributed by atoms with E-state index in [2.05, 4.69) is 20.9 Å². The normalized spacial score (nSPS) is 17.1. The van der Waals surface area contributed by atoms with Crippen molar-refractivity contribution in [2.24, 2.45) is 5.92 Å². The molecule has 25 heavy (non-hydrogen) atoms. The van der Waals surface area contributed by atoms with Crippen molar-refractivity contribution in [2.45, 2.75) is 38.6 Å². The van der Waals surface area contributed by atoms with Crippen molar-refractivity contribution >= 4 is 18.3 Å². The van der Waals surface area contributed by atoms with Crippen LogP contribution in [0.15, 0.2) is 36.5 Å². The van der Waals surface area contributed by atoms with E-state index >= 15 is 0 Å². The van der Waals surface area contributed by atoms with Crippen LogP contribution in [0, 0.1) is 5.92 Å². The average Bonchev–Trinajstić information content (AvgIpc) is 3.25. The SMILES string of the molecule is CC(C)(NC(=O)CCC1CCNC1)c1cn(-c2ccccc2)nn1.Cl. The maximum absolute atomic E-state index is 12.3. The molecule has 2 heterocycles. The predicted molar refractivity (Wildman–Crippen MR) is 100.0 cm³/mol. The second kappa shape index (κ2) is 8.45. The summed E-state index contributed by atoms with van der Waals surface area (Å²) in [5.74, 6) is 0.693. The molecule has 6 nitrogen and oxygen atoms in total. The first-order valence-corrected chi connectivity index (χ1v) is 8.54. The van der Waals surface area contributed by atoms with E-state index in [0.29, 0.717) is 12.3 Å². The van der Waals surface area contributed by atoms with Crippen LogP contribution in [-0.4, -0.2) is 34.0 Å². The van der Waals surface area contributed by atoms with Gasteiger partial charge in [-0.15, -0.1) is 17.5 Å². The molecule has 1 aromatic heterocycles. The van der Waals surface area contributed by atoms with Gasteiger partial charge in [-0.1, -0.05) is 23.4 Å². The molecule has 1 aromatic carbocycles. The van der Waals surface area contributed by atoms with E-state index in [9.17, 15) is 4.79 Å². The van der Waals surface area contributed by atoms with Crippen molar-refractivity contribution in [3.8, 4) is 5.69 Å². The third-order valence-corrected chi connectivity index (χ3v) is 4.55. The lowest BCUT2D eigenvalue weighted by molar-refractivity contribution is -0.123. The van der Waals surface area contributed by atoms with Crippen LogP contribution in [0.1, 0.15) is 38.8 Å². The van der Waals surface area contributed by atoms with Crippen LogP contribution in [0.2, 0.25) is 0 Å². The summed E-state index contributed by atoms with van der Waals surface area (Å²) in [5.41, 5.74) is 1.16. The molecule has 0 radical (unpaired) electrons. The Hall–Kier alpha value is -1.92. The minimum atomic E-state index is -0.544. The van der Waals surface area contributed by atoms with Crippen molar-refractivity contribution in [3.63, 3.8) is 0 Å². The van der Waals surface area contributed by atoms with Gasteiger partial charge in [-0.25, -0.2) is 4.68 Å². The number of hydrogen-bond donors (Lipinski definition) is 2. The highest BCUT2D eigenvalue weighted by Crippen LogP contribution is 2.20. The molecule has 0 aliphatic carbocycles. The maximum atomic E-state index is 12.3. The number of aromatic nitrogens is 3. The van der Waals surface area contributed by atoms with Crippen molar-refractivity contribution < 1.29 is 4.79 Å². The zero-order valence-corrected chi connectivity index (χ0v) is 15.6. The van der Waals surface area contributed by atoms with E-state index < -0.39 is 5.54 Å². The van der Waals surface area contributed by atoms with Gasteiger partial charge in [0.2, 0.25) is 5.91 Å². The number of carbonyl (C=O) groups excluding carboxylic acids is 1. The molecule has 0 bridgehead atoms. The van der Waals surface area contributed by atoms with Gasteiger partial charge < -0.3 is 10.6 Å². The van der Waals surface area contributed by atoms with Gasteiger partial charge in [-0.05, 0) is 57.8 Å². The molecular weight excluding hydrogens is 338 g/mol. The Labute approximate surface area is 154 Å². The largest absolute Gasteiger partial charge is 0.345 e. The molecule has 1 amide bonds. The van der Waals surface area contributed by atoms with Gasteiger partial charge in [0.1, 0.15) is 5.69 Å². The Morgan fingerprint density at radius 3 is 2.80 bits per heavy atom. The second-order valence-electron chi connectivity index (χ2n) is 6.95. The van der Waals surface area contributed by atoms with E-state index in [4.69, 9.17) is 0 Å². The molecule has 136 valence electrons. The number of amides is 1. The molecule has 1 aliphatic rings. The molecule has 2 aromatic rings. The first-order valence-electron chi connectivity index (χ1n) is 8.54. The Morgan fingerprint density at radius 1 is 1.36 bits per heavy atom. The summed E-state index contributed by atoms with van der Waals surface area (Å²) in [7, 11) is 0. The van der Waals surface area contributed by atoms with Gasteiger partial charge in [0.05, 0.1) is 17.4 Å². The first-order chi connectivity index (χ1) is 11.5. The summed E-state index contributed by atoms with van der Waals surface area (Å²) in [4.78, 5) is 12.3. The topological polar surface area (TPSA) is 71.8 Å². The fourth-order valence-corrected chi connectivity index (χ4v) is 3.03. The van der Waals surface area contributed by atoms with Gasteiger partial charge >= 0.3 is 0 Å². The van der Waals surface area contributed by atoms with Gasteiger partial charge in [-0.2, -0.15) is 0 Å². The summed E-state index contributed by atoms with van der Waals surface area (Å²) in [5, 5.41) is 14.8. The fourth-order valence-electron chi connectivity index (χ4n) is 3.03. The van der Waals surface area contributed by atoms with E-state index in [1.54, 1.807) is 4.68 Å². The van der Waals surface area contributed by atoms with Gasteiger partial charge in [0.25, 0.3) is 0 Å². The monoisotopic (exact) mass is 363 g/mol. The molecular formula is C18H26ClN5O. The summed E-state index contributed by atoms with van der Waals surface area (Å²) in [6, 6.07) is 9.83. The highest BCUT2D eigenvalue weighted by Gasteiger charge is 2.27. The summed E-state index contributed by atoms with van der Waals surface area (Å²) >= 11 is 0. The zero-order valence-electron chi connectivity index (χ0n) is 14.7. The second-order valence-corrected chi connectivity index (χ2v) is 6.95. The molecule has 3 rings (SSSR count). The molecule has 7 heteroatoms. The van der Waals surface area contributed by atoms with Gasteiger partial charge in [0, 0.05) is 6.42 Å². The van der Waals surface area contributed by atoms with Crippen LogP contribution in [0.4, 0.5) is 0 Å². The number of benzene rings is 1. The van der Waals surface area contributed by atoms with Gasteiger partial charge in [-0.3, -0.25) is 4.79 Å². The van der Waals surface area contributed by atoms with Crippen LogP contribution < -0.4 is 10.6 Å². The average molecular weight is 364 g/mol. The third-order valence-electron chi connectivity index (χ3n) is 4.55. The zero-order chi connectivity index (χ0) is 17.0. The van der Waals surface area contributed by atoms with E-state index in [0.717, 1.165) is 30.9 Å². The van der Waals surface area contributed by atoms with E-state index in [1.807, 2.05) is 50.4 Å². The van der Waals surface area contributed by atoms with Crippen molar-refractivity contribution in [2.75, 3.05) is 13.1 Å². The fraction of sp³-hybridized carbons (Fsp3) is 0.500. The van der Waals surface area contributed by atoms with E-state index in [1.165, 1.54) is 6.42 Å². The molecule has 0 spiro atoms. The van der Waals surface area contributed by atoms with Crippen LogP contribution in [0.25, 0.3) is 5.69 Å².